The van der Waals surface area contributed by atoms with E-state index in [-0.39, 0.29) is 36.5 Å². The second-order valence-corrected chi connectivity index (χ2v) is 19.3. The molecule has 1 aliphatic heterocycles. The Kier molecular flexibility index (Phi) is 9.31. The fraction of sp³-hybridized carbons (Fsp3) is 0.860. The number of carbonyl (C=O) groups is 2. The molecule has 1 heterocycles. The summed E-state index contributed by atoms with van der Waals surface area (Å²) in [5.74, 6) is -2.56. The second kappa shape index (κ2) is 13.0. The van der Waals surface area contributed by atoms with Crippen molar-refractivity contribution in [3.8, 4) is 0 Å². The number of unbranched alkanes of at least 4 members (excludes halogenated alkanes) is 2. The van der Waals surface area contributed by atoms with E-state index in [4.69, 9.17) is 4.74 Å². The fourth-order valence-electron chi connectivity index (χ4n) is 15.2. The molecule has 8 aliphatic rings. The maximum Gasteiger partial charge on any atom is 0.331 e. The predicted octanol–water partition coefficient (Wildman–Crippen LogP) is 4.62. The zero-order valence-electron chi connectivity index (χ0n) is 31.9. The average molecular weight is 724 g/mol. The third kappa shape index (κ3) is 4.68. The molecule has 8 rings (SSSR count). The first-order valence-corrected chi connectivity index (χ1v) is 21.0. The van der Waals surface area contributed by atoms with Gasteiger partial charge < -0.3 is 40.4 Å². The number of ether oxygens (including phenoxy) is 1. The Labute approximate surface area is 310 Å². The van der Waals surface area contributed by atoms with Gasteiger partial charge in [0.05, 0.1) is 23.2 Å². The molecule has 16 unspecified atom stereocenters. The first kappa shape index (κ1) is 37.3. The molecule has 52 heavy (non-hydrogen) atoms. The van der Waals surface area contributed by atoms with Crippen LogP contribution in [0.25, 0.3) is 0 Å². The summed E-state index contributed by atoms with van der Waals surface area (Å²) in [6.45, 7) is 6.97. The van der Waals surface area contributed by atoms with E-state index in [0.29, 0.717) is 44.1 Å². The number of fused-ring (bicyclic) bond motifs is 8. The maximum absolute atomic E-state index is 14.2. The number of hydrogen-bond donors (Lipinski definition) is 6. The van der Waals surface area contributed by atoms with Gasteiger partial charge in [0.25, 0.3) is 0 Å². The van der Waals surface area contributed by atoms with Gasteiger partial charge in [0.1, 0.15) is 23.6 Å². The molecule has 290 valence electrons. The minimum Gasteiger partial charge on any atom is -0.450 e. The molecule has 0 spiro atoms. The number of likely N-dealkylation sites (N-methyl/N-ethyl adjacent to an activating group) is 1. The van der Waals surface area contributed by atoms with Gasteiger partial charge in [-0.15, -0.1) is 0 Å². The molecule has 0 saturated heterocycles. The van der Waals surface area contributed by atoms with Crippen LogP contribution < -0.4 is 5.32 Å². The van der Waals surface area contributed by atoms with Crippen molar-refractivity contribution < 1.29 is 39.9 Å². The number of aliphatic hydroxyl groups is 5. The summed E-state index contributed by atoms with van der Waals surface area (Å²) in [7, 11) is 1.85. The standard InChI is InChI=1S/C43H65NO8/c1-5-6-7-12-27-20-40(23-45)33-15-16-39(3)35-28(17-29(22-44-4)37-30(35)19-34(46)52-37)21-41(39,49)43(33,51)38(48)32-18-26(24(2)25-10-8-9-11-25)13-14-31(36(27)47)42(32,40)50/h17,19,23-28,31-33,35-38,44,47-51H,5-16,18,20-22H2,1-4H3. The summed E-state index contributed by atoms with van der Waals surface area (Å²) in [6, 6.07) is 0. The van der Waals surface area contributed by atoms with E-state index in [1.807, 2.05) is 14.0 Å². The molecule has 16 atom stereocenters. The van der Waals surface area contributed by atoms with E-state index in [0.717, 1.165) is 62.4 Å². The van der Waals surface area contributed by atoms with E-state index in [9.17, 15) is 35.1 Å². The summed E-state index contributed by atoms with van der Waals surface area (Å²) < 4.78 is 5.84. The molecule has 9 nitrogen and oxygen atoms in total. The molecule has 6 fully saturated rings. The maximum atomic E-state index is 14.2. The van der Waals surface area contributed by atoms with Crippen molar-refractivity contribution in [3.63, 3.8) is 0 Å². The Morgan fingerprint density at radius 2 is 1.75 bits per heavy atom. The Balaban J connectivity index is 1.28. The topological polar surface area (TPSA) is 157 Å². The van der Waals surface area contributed by atoms with Crippen molar-refractivity contribution in [2.45, 2.75) is 152 Å². The van der Waals surface area contributed by atoms with Gasteiger partial charge in [0.15, 0.2) is 0 Å². The van der Waals surface area contributed by atoms with Gasteiger partial charge in [-0.3, -0.25) is 0 Å². The second-order valence-electron chi connectivity index (χ2n) is 19.3. The van der Waals surface area contributed by atoms with Crippen molar-refractivity contribution in [1.29, 1.82) is 0 Å². The molecule has 0 bridgehead atoms. The van der Waals surface area contributed by atoms with E-state index >= 15 is 0 Å². The minimum atomic E-state index is -2.11. The molecule has 9 heteroatoms. The van der Waals surface area contributed by atoms with Crippen molar-refractivity contribution in [2.24, 2.45) is 64.1 Å². The van der Waals surface area contributed by atoms with Crippen LogP contribution in [0.3, 0.4) is 0 Å². The highest BCUT2D eigenvalue weighted by atomic mass is 16.5. The van der Waals surface area contributed by atoms with Crippen molar-refractivity contribution in [1.82, 2.24) is 5.32 Å². The van der Waals surface area contributed by atoms with Gasteiger partial charge in [0, 0.05) is 35.8 Å². The Bertz CT molecular complexity index is 1490. The molecule has 0 radical (unpaired) electrons. The lowest BCUT2D eigenvalue weighted by Gasteiger charge is -2.73. The number of allylic oxidation sites excluding steroid dienone is 1. The normalized spacial score (nSPS) is 51.5. The third-order valence-electron chi connectivity index (χ3n) is 17.6. The Morgan fingerprint density at radius 1 is 1.00 bits per heavy atom. The van der Waals surface area contributed by atoms with E-state index in [2.05, 4.69) is 25.2 Å². The van der Waals surface area contributed by atoms with Crippen LogP contribution in [0.4, 0.5) is 0 Å². The number of aliphatic hydroxyl groups excluding tert-OH is 2. The van der Waals surface area contributed by atoms with Crippen LogP contribution in [0.1, 0.15) is 117 Å². The van der Waals surface area contributed by atoms with E-state index in [1.165, 1.54) is 12.8 Å². The van der Waals surface area contributed by atoms with Gasteiger partial charge in [-0.1, -0.05) is 71.8 Å². The number of esters is 1. The summed E-state index contributed by atoms with van der Waals surface area (Å²) in [5.41, 5.74) is -6.33. The minimum absolute atomic E-state index is 0.142. The quantitative estimate of drug-likeness (QED) is 0.0865. The molecule has 0 aromatic carbocycles. The molecule has 7 aliphatic carbocycles. The number of nitrogens with one attached hydrogen (secondary N) is 1. The van der Waals surface area contributed by atoms with Crippen LogP contribution in [0.5, 0.6) is 0 Å². The molecule has 6 saturated carbocycles. The van der Waals surface area contributed by atoms with Crippen LogP contribution >= 0.6 is 0 Å². The highest BCUT2D eigenvalue weighted by Crippen LogP contribution is 2.76. The lowest BCUT2D eigenvalue weighted by atomic mass is 9.34. The highest BCUT2D eigenvalue weighted by molar-refractivity contribution is 5.87. The summed E-state index contributed by atoms with van der Waals surface area (Å²) in [5, 5.41) is 69.3. The van der Waals surface area contributed by atoms with Gasteiger partial charge in [0.2, 0.25) is 0 Å². The number of rotatable bonds is 9. The van der Waals surface area contributed by atoms with Gasteiger partial charge in [-0.2, -0.15) is 0 Å². The largest absolute Gasteiger partial charge is 0.450 e. The number of aldehydes is 1. The Morgan fingerprint density at radius 3 is 2.44 bits per heavy atom. The van der Waals surface area contributed by atoms with Crippen LogP contribution in [-0.2, 0) is 14.3 Å². The van der Waals surface area contributed by atoms with Crippen molar-refractivity contribution in [3.05, 3.63) is 23.3 Å². The lowest BCUT2D eigenvalue weighted by Crippen LogP contribution is -2.85. The van der Waals surface area contributed by atoms with Gasteiger partial charge >= 0.3 is 5.97 Å². The monoisotopic (exact) mass is 723 g/mol. The average Bonchev–Trinajstić information content (AvgIpc) is 3.81. The predicted molar refractivity (Wildman–Crippen MR) is 195 cm³/mol. The van der Waals surface area contributed by atoms with E-state index < -0.39 is 69.7 Å². The van der Waals surface area contributed by atoms with Gasteiger partial charge in [-0.25, -0.2) is 4.79 Å². The lowest BCUT2D eigenvalue weighted by molar-refractivity contribution is -0.377. The van der Waals surface area contributed by atoms with Crippen LogP contribution in [0, 0.1) is 64.1 Å². The smallest absolute Gasteiger partial charge is 0.331 e. The first-order chi connectivity index (χ1) is 24.8. The SMILES string of the molecule is CCCCCC1CC2(C=O)C3CCC4(C)C5C6=CC(=O)OC6C(CNC)=CC5CC4(O)C3(O)C(O)C3CC(C(C)C4CCCC4)CCC(C1O)C32O. The van der Waals surface area contributed by atoms with Crippen LogP contribution in [0.15, 0.2) is 23.3 Å². The zero-order valence-corrected chi connectivity index (χ0v) is 31.9. The number of hydrogen-bond acceptors (Lipinski definition) is 9. The van der Waals surface area contributed by atoms with Crippen LogP contribution in [0.2, 0.25) is 0 Å². The first-order valence-electron chi connectivity index (χ1n) is 21.0. The molecule has 0 aromatic rings. The molecule has 6 N–H and O–H groups in total. The molecule has 0 amide bonds. The highest BCUT2D eigenvalue weighted by Gasteiger charge is 2.85. The zero-order chi connectivity index (χ0) is 37.0. The Hall–Kier alpha value is -1.62. The third-order valence-corrected chi connectivity index (χ3v) is 17.6. The van der Waals surface area contributed by atoms with E-state index in [1.54, 1.807) is 6.08 Å². The van der Waals surface area contributed by atoms with Crippen LogP contribution in [-0.4, -0.2) is 86.5 Å². The molecular weight excluding hydrogens is 658 g/mol. The number of carbonyl (C=O) groups excluding carboxylic acids is 2. The molecular formula is C43H65NO8. The molecule has 0 aromatic heterocycles. The fourth-order valence-corrected chi connectivity index (χ4v) is 15.2. The van der Waals surface area contributed by atoms with Crippen molar-refractivity contribution in [2.75, 3.05) is 13.6 Å². The summed E-state index contributed by atoms with van der Waals surface area (Å²) in [4.78, 5) is 27.0. The summed E-state index contributed by atoms with van der Waals surface area (Å²) >= 11 is 0. The summed E-state index contributed by atoms with van der Waals surface area (Å²) in [6.07, 6.45) is 13.1. The van der Waals surface area contributed by atoms with Crippen molar-refractivity contribution >= 4 is 12.3 Å². The van der Waals surface area contributed by atoms with Gasteiger partial charge in [-0.05, 0) is 105 Å².